The van der Waals surface area contributed by atoms with Crippen LogP contribution in [0.3, 0.4) is 0 Å². The van der Waals surface area contributed by atoms with E-state index in [-0.39, 0.29) is 5.92 Å². The number of aliphatic carboxylic acids is 1. The number of unbranched alkanes of at least 4 members (excludes halogenated alkanes) is 1. The highest BCUT2D eigenvalue weighted by molar-refractivity contribution is 5.81. The van der Waals surface area contributed by atoms with Crippen LogP contribution < -0.4 is 0 Å². The Bertz CT molecular complexity index is 357. The molecule has 2 atom stereocenters. The zero-order valence-corrected chi connectivity index (χ0v) is 15.6. The molecule has 5 nitrogen and oxygen atoms in total. The fourth-order valence-corrected chi connectivity index (χ4v) is 2.36. The number of esters is 1. The number of ether oxygens (including phenoxy) is 2. The van der Waals surface area contributed by atoms with Crippen LogP contribution in [-0.4, -0.2) is 35.9 Å². The molecule has 0 aromatic carbocycles. The molecule has 0 aromatic heterocycles. The molecule has 23 heavy (non-hydrogen) atoms. The minimum Gasteiger partial charge on any atom is -0.481 e. The fourth-order valence-electron chi connectivity index (χ4n) is 2.36. The molecule has 0 aliphatic rings. The van der Waals surface area contributed by atoms with Crippen molar-refractivity contribution in [2.75, 3.05) is 13.2 Å². The van der Waals surface area contributed by atoms with Gasteiger partial charge in [0.1, 0.15) is 5.60 Å². The molecule has 0 saturated carbocycles. The smallest absolute Gasteiger partial charge is 0.310 e. The quantitative estimate of drug-likeness (QED) is 0.459. The van der Waals surface area contributed by atoms with E-state index in [1.54, 1.807) is 20.8 Å². The van der Waals surface area contributed by atoms with Crippen LogP contribution in [0, 0.1) is 17.8 Å². The van der Waals surface area contributed by atoms with E-state index >= 15 is 0 Å². The first-order valence-corrected chi connectivity index (χ1v) is 8.61. The Hall–Kier alpha value is -1.10. The third-order valence-electron chi connectivity index (χ3n) is 3.45. The normalized spacial score (nSPS) is 14.6. The second-order valence-corrected chi connectivity index (χ2v) is 7.47. The third-order valence-corrected chi connectivity index (χ3v) is 3.45. The molecule has 5 heteroatoms. The van der Waals surface area contributed by atoms with Gasteiger partial charge in [0.05, 0.1) is 11.8 Å². The van der Waals surface area contributed by atoms with Crippen LogP contribution in [0.2, 0.25) is 0 Å². The summed E-state index contributed by atoms with van der Waals surface area (Å²) in [6.07, 6.45) is 2.84. The number of hydrogen-bond acceptors (Lipinski definition) is 4. The van der Waals surface area contributed by atoms with Gasteiger partial charge in [-0.3, -0.25) is 9.59 Å². The van der Waals surface area contributed by atoms with Gasteiger partial charge in [-0.25, -0.2) is 0 Å². The van der Waals surface area contributed by atoms with Crippen LogP contribution in [0.5, 0.6) is 0 Å². The highest BCUT2D eigenvalue weighted by atomic mass is 16.6. The summed E-state index contributed by atoms with van der Waals surface area (Å²) < 4.78 is 11.0. The molecule has 0 heterocycles. The SMILES string of the molecule is CCCCOCCC(C(=O)OC(C)(C)C)[C@@H](CC(C)C)C(=O)O. The monoisotopic (exact) mass is 330 g/mol. The number of rotatable bonds is 11. The van der Waals surface area contributed by atoms with Gasteiger partial charge in [-0.2, -0.15) is 0 Å². The first kappa shape index (κ1) is 21.9. The molecule has 0 amide bonds. The number of carbonyl (C=O) groups excluding carboxylic acids is 1. The van der Waals surface area contributed by atoms with Crippen molar-refractivity contribution in [3.63, 3.8) is 0 Å². The fraction of sp³-hybridized carbons (Fsp3) is 0.889. The van der Waals surface area contributed by atoms with Gasteiger partial charge in [-0.15, -0.1) is 0 Å². The first-order valence-electron chi connectivity index (χ1n) is 8.61. The minimum absolute atomic E-state index is 0.196. The van der Waals surface area contributed by atoms with E-state index < -0.39 is 29.4 Å². The van der Waals surface area contributed by atoms with E-state index in [1.807, 2.05) is 13.8 Å². The van der Waals surface area contributed by atoms with Crippen LogP contribution in [-0.2, 0) is 19.1 Å². The van der Waals surface area contributed by atoms with Crippen molar-refractivity contribution < 1.29 is 24.2 Å². The summed E-state index contributed by atoms with van der Waals surface area (Å²) in [5.41, 5.74) is -0.626. The molecule has 0 fully saturated rings. The third kappa shape index (κ3) is 10.3. The molecular formula is C18H34O5. The van der Waals surface area contributed by atoms with Crippen molar-refractivity contribution in [2.24, 2.45) is 17.8 Å². The topological polar surface area (TPSA) is 72.8 Å². The Kier molecular flexibility index (Phi) is 10.1. The summed E-state index contributed by atoms with van der Waals surface area (Å²) in [6, 6.07) is 0. The van der Waals surface area contributed by atoms with Gasteiger partial charge in [-0.1, -0.05) is 27.2 Å². The van der Waals surface area contributed by atoms with Gasteiger partial charge in [0.25, 0.3) is 0 Å². The maximum atomic E-state index is 12.5. The van der Waals surface area contributed by atoms with Gasteiger partial charge in [-0.05, 0) is 46.0 Å². The second-order valence-electron chi connectivity index (χ2n) is 7.47. The largest absolute Gasteiger partial charge is 0.481 e. The predicted octanol–water partition coefficient (Wildman–Crippen LogP) is 3.90. The van der Waals surface area contributed by atoms with Gasteiger partial charge >= 0.3 is 11.9 Å². The average Bonchev–Trinajstić information content (AvgIpc) is 2.38. The molecule has 136 valence electrons. The highest BCUT2D eigenvalue weighted by Crippen LogP contribution is 2.27. The molecule has 1 unspecified atom stereocenters. The summed E-state index contributed by atoms with van der Waals surface area (Å²) in [6.45, 7) is 12.4. The molecule has 0 aromatic rings. The highest BCUT2D eigenvalue weighted by Gasteiger charge is 2.36. The van der Waals surface area contributed by atoms with E-state index in [0.717, 1.165) is 12.8 Å². The Morgan fingerprint density at radius 3 is 2.13 bits per heavy atom. The predicted molar refractivity (Wildman–Crippen MR) is 90.3 cm³/mol. The molecule has 0 spiro atoms. The van der Waals surface area contributed by atoms with Gasteiger partial charge < -0.3 is 14.6 Å². The molecule has 0 saturated heterocycles. The van der Waals surface area contributed by atoms with Crippen molar-refractivity contribution in [1.82, 2.24) is 0 Å². The molecule has 0 aliphatic heterocycles. The molecule has 0 aliphatic carbocycles. The van der Waals surface area contributed by atoms with Crippen molar-refractivity contribution >= 4 is 11.9 Å². The van der Waals surface area contributed by atoms with E-state index in [9.17, 15) is 14.7 Å². The first-order chi connectivity index (χ1) is 10.6. The lowest BCUT2D eigenvalue weighted by Gasteiger charge is -2.28. The standard InChI is InChI=1S/C18H34O5/c1-7-8-10-22-11-9-14(17(21)23-18(4,5)6)15(16(19)20)12-13(2)3/h13-15H,7-12H2,1-6H3,(H,19,20)/t14?,15-/m1/s1. The molecule has 0 radical (unpaired) electrons. The summed E-state index contributed by atoms with van der Waals surface area (Å²) in [5, 5.41) is 9.53. The summed E-state index contributed by atoms with van der Waals surface area (Å²) in [5.74, 6) is -2.59. The van der Waals surface area contributed by atoms with E-state index in [0.29, 0.717) is 26.1 Å². The lowest BCUT2D eigenvalue weighted by atomic mass is 9.83. The van der Waals surface area contributed by atoms with Crippen LogP contribution >= 0.6 is 0 Å². The summed E-state index contributed by atoms with van der Waals surface area (Å²) in [4.78, 5) is 24.1. The molecule has 0 rings (SSSR count). The molecular weight excluding hydrogens is 296 g/mol. The number of carbonyl (C=O) groups is 2. The second kappa shape index (κ2) is 10.6. The van der Waals surface area contributed by atoms with Gasteiger partial charge in [0.2, 0.25) is 0 Å². The summed E-state index contributed by atoms with van der Waals surface area (Å²) in [7, 11) is 0. The Morgan fingerprint density at radius 2 is 1.70 bits per heavy atom. The summed E-state index contributed by atoms with van der Waals surface area (Å²) >= 11 is 0. The Balaban J connectivity index is 4.94. The van der Waals surface area contributed by atoms with Crippen molar-refractivity contribution in [3.05, 3.63) is 0 Å². The lowest BCUT2D eigenvalue weighted by molar-refractivity contribution is -0.168. The van der Waals surface area contributed by atoms with Crippen LogP contribution in [0.15, 0.2) is 0 Å². The maximum absolute atomic E-state index is 12.5. The van der Waals surface area contributed by atoms with E-state index in [4.69, 9.17) is 9.47 Å². The van der Waals surface area contributed by atoms with Crippen LogP contribution in [0.1, 0.15) is 67.2 Å². The van der Waals surface area contributed by atoms with Crippen LogP contribution in [0.25, 0.3) is 0 Å². The number of hydrogen-bond donors (Lipinski definition) is 1. The maximum Gasteiger partial charge on any atom is 0.310 e. The van der Waals surface area contributed by atoms with Crippen molar-refractivity contribution in [3.8, 4) is 0 Å². The van der Waals surface area contributed by atoms with Gasteiger partial charge in [0, 0.05) is 13.2 Å². The minimum atomic E-state index is -0.942. The Labute approximate surface area is 140 Å². The van der Waals surface area contributed by atoms with Gasteiger partial charge in [0.15, 0.2) is 0 Å². The van der Waals surface area contributed by atoms with E-state index in [2.05, 4.69) is 6.92 Å². The zero-order valence-electron chi connectivity index (χ0n) is 15.6. The van der Waals surface area contributed by atoms with Crippen molar-refractivity contribution in [1.29, 1.82) is 0 Å². The average molecular weight is 330 g/mol. The van der Waals surface area contributed by atoms with Crippen LogP contribution in [0.4, 0.5) is 0 Å². The number of carboxylic acids is 1. The Morgan fingerprint density at radius 1 is 1.09 bits per heavy atom. The molecule has 0 bridgehead atoms. The molecule has 1 N–H and O–H groups in total. The number of carboxylic acid groups (broad SMARTS) is 1. The van der Waals surface area contributed by atoms with E-state index in [1.165, 1.54) is 0 Å². The van der Waals surface area contributed by atoms with Crippen molar-refractivity contribution in [2.45, 2.75) is 72.8 Å². The lowest BCUT2D eigenvalue weighted by Crippen LogP contribution is -2.37. The zero-order chi connectivity index (χ0) is 18.0.